The largest absolute Gasteiger partial charge is 0.492 e. The lowest BCUT2D eigenvalue weighted by molar-refractivity contribution is -0.119. The first-order valence-corrected chi connectivity index (χ1v) is 10.7. The molecular weight excluding hydrogens is 390 g/mol. The molecular formula is C18H28ClN3O4S. The average molecular weight is 418 g/mol. The molecule has 2 aliphatic rings. The van der Waals surface area contributed by atoms with Crippen molar-refractivity contribution in [3.63, 3.8) is 0 Å². The summed E-state index contributed by atoms with van der Waals surface area (Å²) in [4.78, 5) is 12.5. The quantitative estimate of drug-likeness (QED) is 0.739. The second-order valence-electron chi connectivity index (χ2n) is 6.97. The molecule has 1 saturated carbocycles. The highest BCUT2D eigenvalue weighted by Crippen LogP contribution is 2.32. The molecule has 1 aliphatic carbocycles. The number of hydrogen-bond donors (Lipinski definition) is 2. The summed E-state index contributed by atoms with van der Waals surface area (Å²) < 4.78 is 33.0. The van der Waals surface area contributed by atoms with Crippen LogP contribution in [0.1, 0.15) is 39.0 Å². The van der Waals surface area contributed by atoms with E-state index in [1.165, 1.54) is 10.4 Å². The zero-order valence-corrected chi connectivity index (χ0v) is 17.2. The number of nitrogens with one attached hydrogen (secondary N) is 1. The monoisotopic (exact) mass is 417 g/mol. The Morgan fingerprint density at radius 1 is 1.30 bits per heavy atom. The smallest absolute Gasteiger partial charge is 0.246 e. The van der Waals surface area contributed by atoms with E-state index in [0.717, 1.165) is 25.7 Å². The van der Waals surface area contributed by atoms with Crippen molar-refractivity contribution < 1.29 is 17.9 Å². The van der Waals surface area contributed by atoms with Crippen LogP contribution in [0.2, 0.25) is 0 Å². The summed E-state index contributed by atoms with van der Waals surface area (Å²) in [5.41, 5.74) is 6.35. The van der Waals surface area contributed by atoms with E-state index in [1.54, 1.807) is 12.1 Å². The van der Waals surface area contributed by atoms with Gasteiger partial charge in [0.1, 0.15) is 10.6 Å². The van der Waals surface area contributed by atoms with Crippen molar-refractivity contribution in [1.29, 1.82) is 0 Å². The minimum atomic E-state index is -3.64. The average Bonchev–Trinajstić information content (AvgIpc) is 3.28. The summed E-state index contributed by atoms with van der Waals surface area (Å²) in [6.07, 6.45) is 4.00. The van der Waals surface area contributed by atoms with Crippen molar-refractivity contribution >= 4 is 34.0 Å². The van der Waals surface area contributed by atoms with Crippen LogP contribution in [0, 0.1) is 5.92 Å². The molecule has 7 nitrogen and oxygen atoms in total. The lowest BCUT2D eigenvalue weighted by atomic mass is 10.1. The minimum Gasteiger partial charge on any atom is -0.492 e. The van der Waals surface area contributed by atoms with Gasteiger partial charge in [0.25, 0.3) is 0 Å². The van der Waals surface area contributed by atoms with Crippen LogP contribution in [0.3, 0.4) is 0 Å². The van der Waals surface area contributed by atoms with Gasteiger partial charge in [0.2, 0.25) is 15.9 Å². The first-order chi connectivity index (χ1) is 12.4. The number of amides is 1. The lowest BCUT2D eigenvalue weighted by Crippen LogP contribution is -2.28. The van der Waals surface area contributed by atoms with E-state index in [-0.39, 0.29) is 35.2 Å². The maximum Gasteiger partial charge on any atom is 0.246 e. The lowest BCUT2D eigenvalue weighted by Gasteiger charge is -2.19. The fourth-order valence-corrected chi connectivity index (χ4v) is 5.30. The molecule has 3 N–H and O–H groups in total. The summed E-state index contributed by atoms with van der Waals surface area (Å²) in [7, 11) is -3.64. The third kappa shape index (κ3) is 4.93. The number of hydrogen-bond acceptors (Lipinski definition) is 5. The second kappa shape index (κ2) is 9.23. The van der Waals surface area contributed by atoms with E-state index in [9.17, 15) is 13.2 Å². The van der Waals surface area contributed by atoms with Crippen LogP contribution in [0.5, 0.6) is 5.75 Å². The third-order valence-corrected chi connectivity index (χ3v) is 6.96. The summed E-state index contributed by atoms with van der Waals surface area (Å²) in [6, 6.07) is 4.87. The maximum absolute atomic E-state index is 13.0. The maximum atomic E-state index is 13.0. The number of rotatable bonds is 6. The number of carbonyl (C=O) groups excluding carboxylic acids is 1. The summed E-state index contributed by atoms with van der Waals surface area (Å²) in [5, 5.41) is 2.84. The van der Waals surface area contributed by atoms with E-state index in [0.29, 0.717) is 37.6 Å². The molecule has 1 saturated heterocycles. The molecule has 27 heavy (non-hydrogen) atoms. The first-order valence-electron chi connectivity index (χ1n) is 9.25. The molecule has 1 aromatic rings. The van der Waals surface area contributed by atoms with Gasteiger partial charge in [0.15, 0.2) is 0 Å². The highest BCUT2D eigenvalue weighted by Gasteiger charge is 2.31. The number of halogens is 1. The Bertz CT molecular complexity index is 766. The van der Waals surface area contributed by atoms with Gasteiger partial charge < -0.3 is 15.8 Å². The second-order valence-corrected chi connectivity index (χ2v) is 8.87. The van der Waals surface area contributed by atoms with E-state index >= 15 is 0 Å². The summed E-state index contributed by atoms with van der Waals surface area (Å²) in [6.45, 7) is 3.22. The summed E-state index contributed by atoms with van der Waals surface area (Å²) >= 11 is 0. The van der Waals surface area contributed by atoms with Gasteiger partial charge in [-0.15, -0.1) is 12.4 Å². The van der Waals surface area contributed by atoms with Gasteiger partial charge in [-0.2, -0.15) is 4.31 Å². The Kier molecular flexibility index (Phi) is 7.50. The van der Waals surface area contributed by atoms with Crippen LogP contribution in [-0.2, 0) is 14.8 Å². The predicted octanol–water partition coefficient (Wildman–Crippen LogP) is 2.36. The Hall–Kier alpha value is -1.35. The van der Waals surface area contributed by atoms with Crippen LogP contribution >= 0.6 is 12.4 Å². The molecule has 2 atom stereocenters. The molecule has 2 fully saturated rings. The van der Waals surface area contributed by atoms with Crippen molar-refractivity contribution in [3.05, 3.63) is 18.2 Å². The van der Waals surface area contributed by atoms with Gasteiger partial charge in [0.05, 0.1) is 6.61 Å². The van der Waals surface area contributed by atoms with Crippen molar-refractivity contribution in [3.8, 4) is 5.75 Å². The van der Waals surface area contributed by atoms with Gasteiger partial charge in [-0.1, -0.05) is 0 Å². The van der Waals surface area contributed by atoms with Crippen molar-refractivity contribution in [2.75, 3.05) is 25.0 Å². The van der Waals surface area contributed by atoms with E-state index in [1.807, 2.05) is 6.92 Å². The highest BCUT2D eigenvalue weighted by atomic mass is 35.5. The van der Waals surface area contributed by atoms with Crippen LogP contribution in [0.4, 0.5) is 5.69 Å². The number of carbonyl (C=O) groups is 1. The molecule has 152 valence electrons. The molecule has 1 aromatic carbocycles. The van der Waals surface area contributed by atoms with Crippen LogP contribution in [0.25, 0.3) is 0 Å². The molecule has 1 heterocycles. The van der Waals surface area contributed by atoms with Crippen molar-refractivity contribution in [1.82, 2.24) is 4.31 Å². The molecule has 0 spiro atoms. The number of nitrogens with zero attached hydrogens (tertiary/aromatic N) is 1. The van der Waals surface area contributed by atoms with E-state index < -0.39 is 10.0 Å². The van der Waals surface area contributed by atoms with Crippen molar-refractivity contribution in [2.24, 2.45) is 11.7 Å². The van der Waals surface area contributed by atoms with Crippen LogP contribution in [-0.4, -0.2) is 44.4 Å². The van der Waals surface area contributed by atoms with Gasteiger partial charge in [-0.25, -0.2) is 8.42 Å². The number of nitrogens with two attached hydrogens (primary N) is 1. The topological polar surface area (TPSA) is 102 Å². The molecule has 0 bridgehead atoms. The first kappa shape index (κ1) is 21.9. The fraction of sp³-hybridized carbons (Fsp3) is 0.611. The summed E-state index contributed by atoms with van der Waals surface area (Å²) in [5.74, 6) is 0.0992. The van der Waals surface area contributed by atoms with Gasteiger partial charge in [-0.05, 0) is 57.2 Å². The normalized spacial score (nSPS) is 23.0. The number of anilines is 1. The minimum absolute atomic E-state index is 0. The fourth-order valence-electron chi connectivity index (χ4n) is 3.63. The molecule has 3 rings (SSSR count). The molecule has 1 aliphatic heterocycles. The van der Waals surface area contributed by atoms with Crippen LogP contribution < -0.4 is 15.8 Å². The zero-order valence-electron chi connectivity index (χ0n) is 15.5. The standard InChI is InChI=1S/C18H27N3O4S.ClH/c1-2-25-16-8-7-15(20-18(22)13-5-6-14(19)11-13)12-17(16)26(23,24)21-9-3-4-10-21;/h7-8,12-14H,2-6,9-11,19H2,1H3,(H,20,22);1H. The van der Waals surface area contributed by atoms with Crippen LogP contribution in [0.15, 0.2) is 23.1 Å². The Labute approximate surface area is 167 Å². The third-order valence-electron chi connectivity index (χ3n) is 5.04. The molecule has 1 amide bonds. The van der Waals surface area contributed by atoms with Gasteiger partial charge in [0, 0.05) is 30.7 Å². The predicted molar refractivity (Wildman–Crippen MR) is 107 cm³/mol. The number of benzene rings is 1. The SMILES string of the molecule is CCOc1ccc(NC(=O)C2CCC(N)C2)cc1S(=O)(=O)N1CCCC1.Cl. The molecule has 0 aromatic heterocycles. The van der Waals surface area contributed by atoms with Gasteiger partial charge >= 0.3 is 0 Å². The number of sulfonamides is 1. The van der Waals surface area contributed by atoms with Gasteiger partial charge in [-0.3, -0.25) is 4.79 Å². The molecule has 0 radical (unpaired) electrons. The van der Waals surface area contributed by atoms with E-state index in [4.69, 9.17) is 10.5 Å². The molecule has 9 heteroatoms. The highest BCUT2D eigenvalue weighted by molar-refractivity contribution is 7.89. The zero-order chi connectivity index (χ0) is 18.7. The molecule has 2 unspecified atom stereocenters. The Morgan fingerprint density at radius 2 is 2.00 bits per heavy atom. The Balaban J connectivity index is 0.00000261. The van der Waals surface area contributed by atoms with E-state index in [2.05, 4.69) is 5.32 Å². The van der Waals surface area contributed by atoms with Crippen molar-refractivity contribution in [2.45, 2.75) is 50.0 Å². The Morgan fingerprint density at radius 3 is 2.59 bits per heavy atom. The number of ether oxygens (including phenoxy) is 1.